The molecule has 0 bridgehead atoms. The monoisotopic (exact) mass is 596 g/mol. The number of aromatic nitrogens is 2. The van der Waals surface area contributed by atoms with Crippen molar-refractivity contribution in [1.29, 1.82) is 0 Å². The molecule has 0 saturated heterocycles. The van der Waals surface area contributed by atoms with Crippen molar-refractivity contribution in [3.8, 4) is 0 Å². The molecule has 1 aliphatic rings. The van der Waals surface area contributed by atoms with Crippen LogP contribution in [0.1, 0.15) is 39.2 Å². The molecule has 2 N–H and O–H groups in total. The smallest absolute Gasteiger partial charge is 0.378 e. The zero-order valence-corrected chi connectivity index (χ0v) is 24.6. The predicted octanol–water partition coefficient (Wildman–Crippen LogP) is 4.98. The Hall–Kier alpha value is -3.45. The maximum absolute atomic E-state index is 13.6. The minimum Gasteiger partial charge on any atom is -0.378 e. The first-order valence-corrected chi connectivity index (χ1v) is 14.3. The van der Waals surface area contributed by atoms with E-state index in [-0.39, 0.29) is 18.0 Å². The van der Waals surface area contributed by atoms with Crippen LogP contribution >= 0.6 is 0 Å². The number of carbonyl (C=O) groups is 1. The van der Waals surface area contributed by atoms with E-state index < -0.39 is 34.6 Å². The quantitative estimate of drug-likeness (QED) is 0.378. The Morgan fingerprint density at radius 3 is 2.56 bits per heavy atom. The lowest BCUT2D eigenvalue weighted by atomic mass is 9.99. The number of hydrogen-bond acceptors (Lipinski definition) is 5. The van der Waals surface area contributed by atoms with Crippen LogP contribution in [-0.4, -0.2) is 62.4 Å². The van der Waals surface area contributed by atoms with E-state index in [0.717, 1.165) is 23.3 Å². The highest BCUT2D eigenvalue weighted by molar-refractivity contribution is 7.83. The number of anilines is 1. The second-order valence-electron chi connectivity index (χ2n) is 9.74. The molecular weight excluding hydrogens is 560 g/mol. The van der Waals surface area contributed by atoms with Crippen molar-refractivity contribution in [1.82, 2.24) is 24.3 Å². The van der Waals surface area contributed by atoms with Gasteiger partial charge in [-0.05, 0) is 57.0 Å². The van der Waals surface area contributed by atoms with Gasteiger partial charge in [-0.25, -0.2) is 13.3 Å². The van der Waals surface area contributed by atoms with Crippen LogP contribution in [-0.2, 0) is 29.0 Å². The molecule has 0 saturated carbocycles. The number of nitrogens with one attached hydrogen (secondary N) is 2. The van der Waals surface area contributed by atoms with Crippen molar-refractivity contribution in [3.05, 3.63) is 77.2 Å². The van der Waals surface area contributed by atoms with Gasteiger partial charge in [-0.1, -0.05) is 17.7 Å². The van der Waals surface area contributed by atoms with Crippen LogP contribution in [0.25, 0.3) is 0 Å². The fourth-order valence-corrected chi connectivity index (χ4v) is 5.24. The summed E-state index contributed by atoms with van der Waals surface area (Å²) in [6.45, 7) is 6.87. The van der Waals surface area contributed by atoms with E-state index in [1.54, 1.807) is 42.9 Å². The highest BCUT2D eigenvalue weighted by Gasteiger charge is 2.34. The molecule has 1 aromatic carbocycles. The number of carbonyl (C=O) groups excluding carboxylic acids is 1. The van der Waals surface area contributed by atoms with Crippen molar-refractivity contribution in [2.75, 3.05) is 32.0 Å². The van der Waals surface area contributed by atoms with Gasteiger partial charge in [0, 0.05) is 58.1 Å². The Morgan fingerprint density at radius 1 is 1.20 bits per heavy atom. The number of rotatable bonds is 10. The molecule has 0 radical (unpaired) electrons. The molecule has 41 heavy (non-hydrogen) atoms. The third kappa shape index (κ3) is 8.77. The molecule has 0 aliphatic carbocycles. The van der Waals surface area contributed by atoms with Crippen LogP contribution in [0, 0.1) is 5.82 Å². The lowest BCUT2D eigenvalue weighted by Crippen LogP contribution is -2.40. The zero-order chi connectivity index (χ0) is 30.3. The van der Waals surface area contributed by atoms with Gasteiger partial charge in [0.05, 0.1) is 16.7 Å². The normalized spacial score (nSPS) is 20.3. The Morgan fingerprint density at radius 2 is 1.93 bits per heavy atom. The molecule has 2 atom stereocenters. The molecule has 13 heteroatoms. The van der Waals surface area contributed by atoms with Gasteiger partial charge in [0.25, 0.3) is 0 Å². The Balaban J connectivity index is 1.84. The van der Waals surface area contributed by atoms with Gasteiger partial charge in [0.1, 0.15) is 22.6 Å². The third-order valence-electron chi connectivity index (χ3n) is 6.68. The molecule has 1 amide bonds. The molecule has 2 heterocycles. The number of halogens is 4. The van der Waals surface area contributed by atoms with Crippen LogP contribution in [0.3, 0.4) is 0 Å². The van der Waals surface area contributed by atoms with Gasteiger partial charge in [-0.2, -0.15) is 18.3 Å². The molecule has 0 fully saturated rings. The summed E-state index contributed by atoms with van der Waals surface area (Å²) in [6.07, 6.45) is 4.45. The molecule has 8 nitrogen and oxygen atoms in total. The molecular formula is C28H36F4N6O2S. The summed E-state index contributed by atoms with van der Waals surface area (Å²) in [5, 5.41) is 6.94. The highest BCUT2D eigenvalue weighted by Crippen LogP contribution is 2.36. The van der Waals surface area contributed by atoms with Gasteiger partial charge >= 0.3 is 6.18 Å². The molecule has 2 aromatic rings. The second kappa shape index (κ2) is 13.9. The average molecular weight is 597 g/mol. The summed E-state index contributed by atoms with van der Waals surface area (Å²) >= 11 is 0. The molecule has 1 aromatic heterocycles. The van der Waals surface area contributed by atoms with Crippen LogP contribution < -0.4 is 10.0 Å². The van der Waals surface area contributed by atoms with Gasteiger partial charge in [-0.15, -0.1) is 0 Å². The Labute approximate surface area is 240 Å². The Bertz CT molecular complexity index is 1350. The van der Waals surface area contributed by atoms with Crippen LogP contribution in [0.4, 0.5) is 23.2 Å². The van der Waals surface area contributed by atoms with Crippen LogP contribution in [0.15, 0.2) is 70.7 Å². The third-order valence-corrected chi connectivity index (χ3v) is 7.79. The second-order valence-corrected chi connectivity index (χ2v) is 11.0. The van der Waals surface area contributed by atoms with Gasteiger partial charge < -0.3 is 15.1 Å². The fourth-order valence-electron chi connectivity index (χ4n) is 4.40. The first-order chi connectivity index (χ1) is 19.3. The van der Waals surface area contributed by atoms with E-state index in [9.17, 15) is 26.6 Å². The van der Waals surface area contributed by atoms with E-state index in [4.69, 9.17) is 0 Å². The largest absolute Gasteiger partial charge is 0.418 e. The first kappa shape index (κ1) is 32.1. The summed E-state index contributed by atoms with van der Waals surface area (Å²) in [5.74, 6) is -0.453. The van der Waals surface area contributed by atoms with Crippen LogP contribution in [0.5, 0.6) is 0 Å². The van der Waals surface area contributed by atoms with Gasteiger partial charge in [0.2, 0.25) is 5.91 Å². The Kier molecular flexibility index (Phi) is 10.9. The highest BCUT2D eigenvalue weighted by atomic mass is 32.2. The summed E-state index contributed by atoms with van der Waals surface area (Å²) in [6, 6.07) is 2.02. The summed E-state index contributed by atoms with van der Waals surface area (Å²) < 4.78 is 71.5. The molecule has 224 valence electrons. The number of hydrogen-bond donors (Lipinski definition) is 2. The number of alkyl halides is 3. The van der Waals surface area contributed by atoms with Crippen LogP contribution in [0.2, 0.25) is 0 Å². The summed E-state index contributed by atoms with van der Waals surface area (Å²) in [4.78, 5) is 17.1. The fraction of sp³-hybridized carbons (Fsp3) is 0.429. The molecule has 0 spiro atoms. The lowest BCUT2D eigenvalue weighted by Gasteiger charge is -2.33. The minimum absolute atomic E-state index is 0.120. The topological polar surface area (TPSA) is 82.5 Å². The van der Waals surface area contributed by atoms with Crippen molar-refractivity contribution in [3.63, 3.8) is 0 Å². The summed E-state index contributed by atoms with van der Waals surface area (Å²) in [7, 11) is 1.97. The maximum Gasteiger partial charge on any atom is 0.418 e. The summed E-state index contributed by atoms with van der Waals surface area (Å²) in [5.41, 5.74) is 0.289. The maximum atomic E-state index is 13.6. The van der Waals surface area contributed by atoms with Crippen molar-refractivity contribution in [2.45, 2.75) is 50.7 Å². The van der Waals surface area contributed by atoms with E-state index in [0.29, 0.717) is 42.8 Å². The number of benzene rings is 1. The van der Waals surface area contributed by atoms with Crippen molar-refractivity contribution < 1.29 is 26.6 Å². The van der Waals surface area contributed by atoms with Gasteiger partial charge in [-0.3, -0.25) is 9.48 Å². The van der Waals surface area contributed by atoms with E-state index in [2.05, 4.69) is 15.1 Å². The zero-order valence-electron chi connectivity index (χ0n) is 23.8. The standard InChI is InChI=1S/C28H36F4N6O2S/c1-6-38(14-13-34-41(40)23-17-33-36(4)18-23)26-11-8-21(15-19(2)7-12-27(39)37(26)5)20(3)35-25-10-9-22(29)16-24(25)28(30,31)32/h7,9-11,15-18,20,34-35H,6,8,12-14H2,1-5H3/b19-7-,21-15+,26-11+/t20-,41?/m1/s1. The predicted molar refractivity (Wildman–Crippen MR) is 151 cm³/mol. The number of nitrogens with zero attached hydrogens (tertiary/aromatic N) is 4. The van der Waals surface area contributed by atoms with Crippen molar-refractivity contribution in [2.24, 2.45) is 7.05 Å². The average Bonchev–Trinajstić information content (AvgIpc) is 3.35. The molecule has 1 aliphatic heterocycles. The van der Waals surface area contributed by atoms with E-state index in [1.165, 1.54) is 6.20 Å². The van der Waals surface area contributed by atoms with Gasteiger partial charge in [0.15, 0.2) is 0 Å². The number of aryl methyl sites for hydroxylation is 1. The first-order valence-electron chi connectivity index (χ1n) is 13.2. The lowest BCUT2D eigenvalue weighted by molar-refractivity contribution is -0.137. The number of likely N-dealkylation sites (N-methyl/N-ethyl adjacent to an activating group) is 1. The number of amides is 1. The number of allylic oxidation sites excluding steroid dienone is 3. The molecule has 3 rings (SSSR count). The van der Waals surface area contributed by atoms with E-state index in [1.807, 2.05) is 30.9 Å². The SMILES string of the molecule is CCN(CCNS(=O)c1cnn(C)c1)/C1=C/C/C([C@@H](C)Nc2ccc(F)cc2C(F)(F)F)=C\C(C)=C/CC(=O)N1C. The van der Waals surface area contributed by atoms with Crippen molar-refractivity contribution >= 4 is 22.6 Å². The minimum atomic E-state index is -4.73. The molecule has 1 unspecified atom stereocenters. The van der Waals surface area contributed by atoms with E-state index >= 15 is 0 Å².